The Hall–Kier alpha value is -2.62. The number of carboxylic acids is 1. The van der Waals surface area contributed by atoms with E-state index < -0.39 is 106 Å². The maximum Gasteiger partial charge on any atom is 0.475 e. The lowest BCUT2D eigenvalue weighted by Crippen LogP contribution is -2.65. The molecule has 1 unspecified atom stereocenters. The molecule has 2 aliphatic rings. The van der Waals surface area contributed by atoms with Crippen LogP contribution in [0.5, 0.6) is 0 Å². The van der Waals surface area contributed by atoms with Gasteiger partial charge in [0.05, 0.1) is 19.3 Å². The van der Waals surface area contributed by atoms with Crippen LogP contribution in [0, 0.1) is 0 Å². The monoisotopic (exact) mass is 614 g/mol. The number of carbonyl (C=O) groups excluding carboxylic acids is 1. The van der Waals surface area contributed by atoms with Gasteiger partial charge in [-0.1, -0.05) is 0 Å². The summed E-state index contributed by atoms with van der Waals surface area (Å²) >= 11 is 0. The molecule has 0 radical (unpaired) electrons. The highest BCUT2D eigenvalue weighted by Crippen LogP contribution is 2.51. The number of rotatable bonds is 11. The number of aromatic nitrogens is 2. The first-order chi connectivity index (χ1) is 19.0. The maximum atomic E-state index is 14.1. The summed E-state index contributed by atoms with van der Waals surface area (Å²) in [5, 5.41) is 73.9. The van der Waals surface area contributed by atoms with E-state index in [0.717, 1.165) is 17.7 Å². The van der Waals surface area contributed by atoms with E-state index in [1.807, 2.05) is 0 Å². The first-order valence-corrected chi connectivity index (χ1v) is 13.3. The molecule has 2 aliphatic heterocycles. The minimum Gasteiger partial charge on any atom is -0.862 e. The SMILES string of the molecule is CC([O-])=N[C@H]1[C@H]([C@H](O)[C@H](F)CO)O[C@](OP(=O)(O)OC[C@H]2O[C@@H](n3ccc(N)nc3=O)[C@H](O)[C@@H]2O)(C(=O)[O-])C[C@@H]1O. The van der Waals surface area contributed by atoms with Crippen LogP contribution in [0.4, 0.5) is 10.2 Å². The fraction of sp³-hybridized carbons (Fsp3) is 0.700. The van der Waals surface area contributed by atoms with Crippen molar-refractivity contribution in [3.63, 3.8) is 0 Å². The zero-order valence-corrected chi connectivity index (χ0v) is 22.0. The normalized spacial score (nSPS) is 35.5. The average molecular weight is 614 g/mol. The van der Waals surface area contributed by atoms with Crippen LogP contribution in [-0.2, 0) is 27.9 Å². The summed E-state index contributed by atoms with van der Waals surface area (Å²) in [5.41, 5.74) is 4.43. The zero-order valence-electron chi connectivity index (χ0n) is 21.1. The summed E-state index contributed by atoms with van der Waals surface area (Å²) in [6.45, 7) is -1.44. The number of halogens is 1. The third kappa shape index (κ3) is 7.24. The highest BCUT2D eigenvalue weighted by molar-refractivity contribution is 7.47. The fourth-order valence-electron chi connectivity index (χ4n) is 4.23. The molecule has 0 saturated carbocycles. The van der Waals surface area contributed by atoms with Crippen molar-refractivity contribution in [2.75, 3.05) is 18.9 Å². The smallest absolute Gasteiger partial charge is 0.475 e. The molecular weight excluding hydrogens is 586 g/mol. The van der Waals surface area contributed by atoms with E-state index in [4.69, 9.17) is 24.8 Å². The second-order valence-electron chi connectivity index (χ2n) is 9.17. The van der Waals surface area contributed by atoms with Crippen LogP contribution >= 0.6 is 7.82 Å². The van der Waals surface area contributed by atoms with Crippen LogP contribution in [0.1, 0.15) is 19.6 Å². The second kappa shape index (κ2) is 12.7. The van der Waals surface area contributed by atoms with Gasteiger partial charge < -0.3 is 60.6 Å². The number of alkyl halides is 1. The lowest BCUT2D eigenvalue weighted by molar-refractivity contribution is -0.369. The number of anilines is 1. The number of aliphatic carboxylic acids is 1. The van der Waals surface area contributed by atoms with Gasteiger partial charge in [0.1, 0.15) is 48.3 Å². The largest absolute Gasteiger partial charge is 0.862 e. The highest BCUT2D eigenvalue weighted by Gasteiger charge is 2.55. The van der Waals surface area contributed by atoms with Crippen molar-refractivity contribution in [3.8, 4) is 0 Å². The topological polar surface area (TPSA) is 312 Å². The Bertz CT molecular complexity index is 1230. The number of nitrogen functional groups attached to an aromatic ring is 1. The molecule has 11 atom stereocenters. The van der Waals surface area contributed by atoms with Crippen LogP contribution in [-0.4, -0.2) is 120 Å². The number of ether oxygens (including phenoxy) is 2. The van der Waals surface area contributed by atoms with Gasteiger partial charge in [-0.05, 0) is 18.9 Å². The molecule has 232 valence electrons. The minimum absolute atomic E-state index is 0.149. The van der Waals surface area contributed by atoms with Gasteiger partial charge in [0.2, 0.25) is 5.79 Å². The van der Waals surface area contributed by atoms with E-state index in [9.17, 15) is 54.1 Å². The molecule has 2 fully saturated rings. The van der Waals surface area contributed by atoms with Crippen molar-refractivity contribution in [1.29, 1.82) is 0 Å². The fourth-order valence-corrected chi connectivity index (χ4v) is 5.18. The van der Waals surface area contributed by atoms with Crippen molar-refractivity contribution in [2.45, 2.75) is 74.2 Å². The van der Waals surface area contributed by atoms with Crippen LogP contribution in [0.2, 0.25) is 0 Å². The number of nitrogens with two attached hydrogens (primary N) is 1. The molecule has 0 aliphatic carbocycles. The number of phosphoric acid groups is 1. The molecule has 0 bridgehead atoms. The number of carbonyl (C=O) groups is 1. The molecule has 21 heteroatoms. The van der Waals surface area contributed by atoms with Gasteiger partial charge in [-0.15, -0.1) is 0 Å². The van der Waals surface area contributed by atoms with E-state index in [1.54, 1.807) is 0 Å². The van der Waals surface area contributed by atoms with Crippen molar-refractivity contribution < 1.29 is 72.9 Å². The predicted octanol–water partition coefficient (Wildman–Crippen LogP) is -5.99. The van der Waals surface area contributed by atoms with E-state index in [-0.39, 0.29) is 5.82 Å². The molecule has 2 saturated heterocycles. The summed E-state index contributed by atoms with van der Waals surface area (Å²) < 4.78 is 47.3. The van der Waals surface area contributed by atoms with Crippen LogP contribution in [0.15, 0.2) is 22.1 Å². The summed E-state index contributed by atoms with van der Waals surface area (Å²) in [5.74, 6) is -6.88. The molecule has 0 aromatic carbocycles. The number of carboxylic acid groups (broad SMARTS) is 1. The molecule has 19 nitrogen and oxygen atoms in total. The number of phosphoric ester groups is 1. The van der Waals surface area contributed by atoms with Crippen LogP contribution in [0.3, 0.4) is 0 Å². The highest BCUT2D eigenvalue weighted by atomic mass is 31.2. The number of aliphatic hydroxyl groups is 5. The number of aliphatic hydroxyl groups excluding tert-OH is 5. The molecule has 0 amide bonds. The van der Waals surface area contributed by atoms with E-state index in [2.05, 4.69) is 14.5 Å². The molecule has 0 spiro atoms. The Morgan fingerprint density at radius 3 is 2.61 bits per heavy atom. The zero-order chi connectivity index (χ0) is 30.9. The van der Waals surface area contributed by atoms with Gasteiger partial charge >= 0.3 is 13.5 Å². The molecule has 3 heterocycles. The first-order valence-electron chi connectivity index (χ1n) is 11.8. The standard InChI is InChI=1S/C20H30FN4O15P/c1-7(27)23-12-9(28)4-20(18(32)33,39-16(12)13(29)8(21)5-26)40-41(35,36)37-6-10-14(30)15(31)17(38-10)25-3-2-11(22)24-19(25)34/h2-3,8-10,12-17,26,28-31H,4-6H2,1H3,(H,23,27)(H,32,33)(H,35,36)(H2,22,24,34)/p-2/t8-,9+,10-,12-,13-,14-,15-,16-,17-,20-/m1/s1. The molecule has 41 heavy (non-hydrogen) atoms. The van der Waals surface area contributed by atoms with Gasteiger partial charge in [0, 0.05) is 12.6 Å². The summed E-state index contributed by atoms with van der Waals surface area (Å²) in [6.07, 6.45) is -16.1. The molecule has 1 aromatic rings. The average Bonchev–Trinajstić information content (AvgIpc) is 3.16. The van der Waals surface area contributed by atoms with Crippen molar-refractivity contribution in [1.82, 2.24) is 9.55 Å². The summed E-state index contributed by atoms with van der Waals surface area (Å²) in [7, 11) is -5.60. The number of nitrogens with zero attached hydrogens (tertiary/aromatic N) is 3. The third-order valence-corrected chi connectivity index (χ3v) is 7.19. The Balaban J connectivity index is 1.80. The minimum atomic E-state index is -5.60. The van der Waals surface area contributed by atoms with Gasteiger partial charge in [-0.3, -0.25) is 14.1 Å². The number of hydrogen-bond donors (Lipinski definition) is 7. The van der Waals surface area contributed by atoms with Gasteiger partial charge in [0.15, 0.2) is 12.4 Å². The van der Waals surface area contributed by atoms with Crippen molar-refractivity contribution in [2.24, 2.45) is 4.99 Å². The summed E-state index contributed by atoms with van der Waals surface area (Å²) in [4.78, 5) is 41.2. The van der Waals surface area contributed by atoms with E-state index in [0.29, 0.717) is 0 Å². The van der Waals surface area contributed by atoms with Gasteiger partial charge in [0.25, 0.3) is 0 Å². The number of hydrogen-bond acceptors (Lipinski definition) is 17. The molecule has 8 N–H and O–H groups in total. The Morgan fingerprint density at radius 1 is 1.39 bits per heavy atom. The van der Waals surface area contributed by atoms with Crippen molar-refractivity contribution in [3.05, 3.63) is 22.7 Å². The number of aliphatic imine (C=N–C) groups is 1. The van der Waals surface area contributed by atoms with Crippen molar-refractivity contribution >= 4 is 25.5 Å². The molecule has 1 aromatic heterocycles. The Morgan fingerprint density at radius 2 is 2.05 bits per heavy atom. The molecular formula is C20H28FN4O15P-2. The van der Waals surface area contributed by atoms with Gasteiger partial charge in [-0.25, -0.2) is 18.3 Å². The first kappa shape index (κ1) is 32.9. The van der Waals surface area contributed by atoms with E-state index >= 15 is 0 Å². The van der Waals surface area contributed by atoms with Gasteiger partial charge in [-0.2, -0.15) is 4.98 Å². The quantitative estimate of drug-likeness (QED) is 0.0693. The Labute approximate surface area is 229 Å². The van der Waals surface area contributed by atoms with E-state index in [1.165, 1.54) is 6.07 Å². The van der Waals surface area contributed by atoms with Crippen LogP contribution in [0.25, 0.3) is 0 Å². The molecule has 3 rings (SSSR count). The predicted molar refractivity (Wildman–Crippen MR) is 124 cm³/mol. The Kier molecular flexibility index (Phi) is 10.2. The lowest BCUT2D eigenvalue weighted by Gasteiger charge is -2.47. The second-order valence-corrected chi connectivity index (χ2v) is 10.5. The lowest BCUT2D eigenvalue weighted by atomic mass is 9.89. The third-order valence-electron chi connectivity index (χ3n) is 6.19. The summed E-state index contributed by atoms with van der Waals surface area (Å²) in [6, 6.07) is -0.611. The maximum absolute atomic E-state index is 14.1. The van der Waals surface area contributed by atoms with Crippen LogP contribution < -0.4 is 21.6 Å².